The molecule has 1 aliphatic heterocycles. The molecule has 0 bridgehead atoms. The number of sulfonamides is 1. The molecule has 7 nitrogen and oxygen atoms in total. The second-order valence-corrected chi connectivity index (χ2v) is 9.77. The lowest BCUT2D eigenvalue weighted by molar-refractivity contribution is -0.137. The molecule has 172 valence electrons. The number of hydrogen-bond acceptors (Lipinski definition) is 4. The molecular formula is C21H22F3N3O4S. The maximum absolute atomic E-state index is 12.9. The van der Waals surface area contributed by atoms with Crippen LogP contribution in [0, 0.1) is 5.92 Å². The minimum Gasteiger partial charge on any atom is -0.338 e. The average molecular weight is 469 g/mol. The summed E-state index contributed by atoms with van der Waals surface area (Å²) in [6.45, 7) is -0.0400. The Hall–Kier alpha value is -2.92. The highest BCUT2D eigenvalue weighted by molar-refractivity contribution is 7.89. The average Bonchev–Trinajstić information content (AvgIpc) is 3.08. The molecule has 1 atom stereocenters. The number of likely N-dealkylation sites (tertiary alicyclic amines) is 1. The number of rotatable bonds is 6. The predicted octanol–water partition coefficient (Wildman–Crippen LogP) is 2.94. The van der Waals surface area contributed by atoms with Crippen molar-refractivity contribution in [1.29, 1.82) is 0 Å². The number of anilines is 1. The molecule has 32 heavy (non-hydrogen) atoms. The van der Waals surface area contributed by atoms with Crippen LogP contribution in [-0.4, -0.2) is 50.1 Å². The fourth-order valence-electron chi connectivity index (χ4n) is 3.39. The lowest BCUT2D eigenvalue weighted by atomic mass is 10.1. The van der Waals surface area contributed by atoms with Crippen molar-refractivity contribution < 1.29 is 31.2 Å². The van der Waals surface area contributed by atoms with Crippen LogP contribution in [0.1, 0.15) is 17.5 Å². The van der Waals surface area contributed by atoms with Crippen LogP contribution in [0.25, 0.3) is 0 Å². The van der Waals surface area contributed by atoms with Crippen LogP contribution in [-0.2, 0) is 32.3 Å². The molecule has 0 aromatic heterocycles. The normalized spacial score (nSPS) is 17.1. The summed E-state index contributed by atoms with van der Waals surface area (Å²) in [4.78, 5) is 26.4. The van der Waals surface area contributed by atoms with Gasteiger partial charge < -0.3 is 10.2 Å². The highest BCUT2D eigenvalue weighted by Gasteiger charge is 2.36. The van der Waals surface area contributed by atoms with Gasteiger partial charge in [-0.15, -0.1) is 0 Å². The van der Waals surface area contributed by atoms with Crippen LogP contribution in [0.3, 0.4) is 0 Å². The first-order valence-electron chi connectivity index (χ1n) is 9.66. The van der Waals surface area contributed by atoms with Crippen molar-refractivity contribution >= 4 is 27.5 Å². The third-order valence-corrected chi connectivity index (χ3v) is 6.99. The van der Waals surface area contributed by atoms with Crippen LogP contribution in [0.2, 0.25) is 0 Å². The molecule has 1 saturated heterocycles. The van der Waals surface area contributed by atoms with Gasteiger partial charge in [0.1, 0.15) is 4.90 Å². The van der Waals surface area contributed by atoms with Gasteiger partial charge in [-0.05, 0) is 29.8 Å². The van der Waals surface area contributed by atoms with Gasteiger partial charge >= 0.3 is 6.18 Å². The van der Waals surface area contributed by atoms with E-state index in [0.29, 0.717) is 5.56 Å². The second-order valence-electron chi connectivity index (χ2n) is 7.65. The molecular weight excluding hydrogens is 447 g/mol. The largest absolute Gasteiger partial charge is 0.416 e. The molecule has 0 saturated carbocycles. The summed E-state index contributed by atoms with van der Waals surface area (Å²) in [5, 5.41) is 2.58. The van der Waals surface area contributed by atoms with Crippen LogP contribution in [0.5, 0.6) is 0 Å². The van der Waals surface area contributed by atoms with Gasteiger partial charge in [-0.1, -0.05) is 24.3 Å². The Morgan fingerprint density at radius 2 is 1.84 bits per heavy atom. The summed E-state index contributed by atoms with van der Waals surface area (Å²) in [7, 11) is -1.07. The Labute approximate surface area is 183 Å². The molecule has 1 unspecified atom stereocenters. The minimum atomic E-state index is -4.49. The van der Waals surface area contributed by atoms with E-state index in [1.165, 1.54) is 49.3 Å². The number of halogens is 3. The number of nitrogens with zero attached hydrogens (tertiary/aromatic N) is 2. The number of amides is 2. The summed E-state index contributed by atoms with van der Waals surface area (Å²) < 4.78 is 64.8. The third kappa shape index (κ3) is 5.10. The van der Waals surface area contributed by atoms with E-state index < -0.39 is 33.6 Å². The quantitative estimate of drug-likeness (QED) is 0.705. The highest BCUT2D eigenvalue weighted by atomic mass is 32.2. The first kappa shape index (κ1) is 23.7. The van der Waals surface area contributed by atoms with Gasteiger partial charge in [-0.3, -0.25) is 9.59 Å². The van der Waals surface area contributed by atoms with Crippen molar-refractivity contribution in [1.82, 2.24) is 9.21 Å². The Morgan fingerprint density at radius 1 is 1.16 bits per heavy atom. The maximum atomic E-state index is 12.9. The lowest BCUT2D eigenvalue weighted by Gasteiger charge is -2.18. The fraction of sp³-hybridized carbons (Fsp3) is 0.333. The Morgan fingerprint density at radius 3 is 2.50 bits per heavy atom. The van der Waals surface area contributed by atoms with Gasteiger partial charge in [-0.2, -0.15) is 13.2 Å². The molecule has 2 aromatic rings. The van der Waals surface area contributed by atoms with Crippen LogP contribution >= 0.6 is 0 Å². The van der Waals surface area contributed by atoms with E-state index in [-0.39, 0.29) is 36.0 Å². The van der Waals surface area contributed by atoms with Crippen molar-refractivity contribution in [2.75, 3.05) is 26.0 Å². The number of hydrogen-bond donors (Lipinski definition) is 1. The number of carbonyl (C=O) groups excluding carboxylic acids is 2. The zero-order valence-electron chi connectivity index (χ0n) is 17.4. The first-order valence-corrected chi connectivity index (χ1v) is 11.1. The maximum Gasteiger partial charge on any atom is 0.416 e. The van der Waals surface area contributed by atoms with Gasteiger partial charge in [0, 0.05) is 33.6 Å². The van der Waals surface area contributed by atoms with E-state index in [1.807, 2.05) is 0 Å². The molecule has 0 spiro atoms. The van der Waals surface area contributed by atoms with Gasteiger partial charge in [-0.25, -0.2) is 12.7 Å². The summed E-state index contributed by atoms with van der Waals surface area (Å²) in [6.07, 6.45) is -4.61. The summed E-state index contributed by atoms with van der Waals surface area (Å²) in [6, 6.07) is 10.6. The van der Waals surface area contributed by atoms with Gasteiger partial charge in [0.05, 0.1) is 17.2 Å². The molecule has 1 fully saturated rings. The van der Waals surface area contributed by atoms with Gasteiger partial charge in [0.2, 0.25) is 21.8 Å². The predicted molar refractivity (Wildman–Crippen MR) is 111 cm³/mol. The van der Waals surface area contributed by atoms with E-state index in [4.69, 9.17) is 0 Å². The van der Waals surface area contributed by atoms with Crippen LogP contribution < -0.4 is 5.32 Å². The van der Waals surface area contributed by atoms with E-state index in [9.17, 15) is 31.2 Å². The first-order chi connectivity index (χ1) is 14.9. The molecule has 1 heterocycles. The van der Waals surface area contributed by atoms with E-state index in [1.54, 1.807) is 6.07 Å². The van der Waals surface area contributed by atoms with Gasteiger partial charge in [0.25, 0.3) is 0 Å². The topological polar surface area (TPSA) is 86.8 Å². The number of nitrogens with one attached hydrogen (secondary N) is 1. The van der Waals surface area contributed by atoms with Crippen LogP contribution in [0.15, 0.2) is 53.4 Å². The SMILES string of the molecule is CN(C)S(=O)(=O)c1ccccc1NC(=O)C1CC(=O)N(Cc2cccc(C(F)(F)F)c2)C1. The summed E-state index contributed by atoms with van der Waals surface area (Å²) in [5.41, 5.74) is -0.415. The van der Waals surface area contributed by atoms with Gasteiger partial charge in [0.15, 0.2) is 0 Å². The monoisotopic (exact) mass is 469 g/mol. The molecule has 11 heteroatoms. The van der Waals surface area contributed by atoms with Crippen molar-refractivity contribution in [3.8, 4) is 0 Å². The van der Waals surface area contributed by atoms with Crippen molar-refractivity contribution in [3.63, 3.8) is 0 Å². The molecule has 0 radical (unpaired) electrons. The Balaban J connectivity index is 1.72. The van der Waals surface area contributed by atoms with Crippen molar-refractivity contribution in [3.05, 3.63) is 59.7 Å². The zero-order valence-corrected chi connectivity index (χ0v) is 18.2. The molecule has 2 amide bonds. The molecule has 1 N–H and O–H groups in total. The van der Waals surface area contributed by atoms with Crippen molar-refractivity contribution in [2.45, 2.75) is 24.0 Å². The third-order valence-electron chi connectivity index (χ3n) is 5.12. The number of alkyl halides is 3. The van der Waals surface area contributed by atoms with Crippen molar-refractivity contribution in [2.24, 2.45) is 5.92 Å². The fourth-order valence-corrected chi connectivity index (χ4v) is 4.43. The van der Waals surface area contributed by atoms with E-state index in [0.717, 1.165) is 16.4 Å². The second kappa shape index (κ2) is 8.91. The summed E-state index contributed by atoms with van der Waals surface area (Å²) >= 11 is 0. The molecule has 0 aliphatic carbocycles. The number of para-hydroxylation sites is 1. The Kier molecular flexibility index (Phi) is 6.61. The zero-order chi connectivity index (χ0) is 23.7. The summed E-state index contributed by atoms with van der Waals surface area (Å²) in [5.74, 6) is -1.66. The van der Waals surface area contributed by atoms with Crippen LogP contribution in [0.4, 0.5) is 18.9 Å². The minimum absolute atomic E-state index is 0.0174. The molecule has 2 aromatic carbocycles. The number of carbonyl (C=O) groups is 2. The van der Waals surface area contributed by atoms with E-state index >= 15 is 0 Å². The van der Waals surface area contributed by atoms with E-state index in [2.05, 4.69) is 5.32 Å². The Bertz CT molecular complexity index is 1130. The highest BCUT2D eigenvalue weighted by Crippen LogP contribution is 2.31. The molecule has 3 rings (SSSR count). The smallest absolute Gasteiger partial charge is 0.338 e. The molecule has 1 aliphatic rings. The lowest BCUT2D eigenvalue weighted by Crippen LogP contribution is -2.29. The standard InChI is InChI=1S/C21H22F3N3O4S/c1-26(2)32(30,31)18-9-4-3-8-17(18)25-20(29)15-11-19(28)27(13-15)12-14-6-5-7-16(10-14)21(22,23)24/h3-10,15H,11-13H2,1-2H3,(H,25,29). The number of benzene rings is 2.